The monoisotopic (exact) mass is 638 g/mol. The lowest BCUT2D eigenvalue weighted by Crippen LogP contribution is -2.41. The summed E-state index contributed by atoms with van der Waals surface area (Å²) in [5.41, 5.74) is 2.33. The lowest BCUT2D eigenvalue weighted by Gasteiger charge is -2.15. The molecule has 0 saturated heterocycles. The fourth-order valence-electron chi connectivity index (χ4n) is 4.51. The Kier molecular flexibility index (Phi) is 9.55. The van der Waals surface area contributed by atoms with Gasteiger partial charge in [0.05, 0.1) is 22.5 Å². The first-order valence-corrected chi connectivity index (χ1v) is 16.6. The molecule has 3 N–H and O–H groups in total. The van der Waals surface area contributed by atoms with Gasteiger partial charge >= 0.3 is 6.09 Å². The van der Waals surface area contributed by atoms with E-state index in [0.717, 1.165) is 29.7 Å². The van der Waals surface area contributed by atoms with Crippen LogP contribution in [0.5, 0.6) is 0 Å². The van der Waals surface area contributed by atoms with E-state index in [2.05, 4.69) is 20.9 Å². The largest absolute Gasteiger partial charge is 0.444 e. The Balaban J connectivity index is 1.32. The van der Waals surface area contributed by atoms with Gasteiger partial charge in [0.1, 0.15) is 17.4 Å². The molecule has 0 spiro atoms. The standard InChI is InChI=1S/C31H31FN4O6S2/c1-2-14-44(40,41)28(29(38)33-17-27(37)34-21-12-13-21)30-36-25-15-23(24(32)16-26(25)43-30)20-8-10-22(11-9-20)35-31(39)42-18-19-6-4-3-5-7-19/h3-11,15-16,21,28H,2,12-14,17-18H2,1H3,(H,33,38)(H,34,37)(H,35,39). The van der Waals surface area contributed by atoms with Gasteiger partial charge in [0.25, 0.3) is 0 Å². The number of anilines is 1. The molecular formula is C31H31FN4O6S2. The topological polar surface area (TPSA) is 144 Å². The molecule has 1 saturated carbocycles. The van der Waals surface area contributed by atoms with E-state index in [1.165, 1.54) is 12.1 Å². The maximum atomic E-state index is 15.3. The highest BCUT2D eigenvalue weighted by Crippen LogP contribution is 2.35. The summed E-state index contributed by atoms with van der Waals surface area (Å²) in [6.07, 6.45) is 1.40. The molecule has 230 valence electrons. The summed E-state index contributed by atoms with van der Waals surface area (Å²) in [5.74, 6) is -2.07. The molecule has 3 amide bonds. The molecule has 44 heavy (non-hydrogen) atoms. The van der Waals surface area contributed by atoms with Gasteiger partial charge in [0.2, 0.25) is 11.8 Å². The van der Waals surface area contributed by atoms with Crippen LogP contribution in [0.3, 0.4) is 0 Å². The molecule has 1 atom stereocenters. The number of carbonyl (C=O) groups is 3. The van der Waals surface area contributed by atoms with Crippen LogP contribution in [0.15, 0.2) is 66.7 Å². The van der Waals surface area contributed by atoms with Crippen molar-refractivity contribution < 1.29 is 31.9 Å². The summed E-state index contributed by atoms with van der Waals surface area (Å²) < 4.78 is 47.2. The molecular weight excluding hydrogens is 607 g/mol. The van der Waals surface area contributed by atoms with Crippen LogP contribution in [-0.4, -0.2) is 49.6 Å². The van der Waals surface area contributed by atoms with E-state index in [1.54, 1.807) is 31.2 Å². The van der Waals surface area contributed by atoms with Gasteiger partial charge in [-0.25, -0.2) is 22.6 Å². The van der Waals surface area contributed by atoms with Crippen molar-refractivity contribution in [3.05, 3.63) is 83.1 Å². The van der Waals surface area contributed by atoms with E-state index in [-0.39, 0.29) is 41.9 Å². The van der Waals surface area contributed by atoms with Crippen molar-refractivity contribution in [1.82, 2.24) is 15.6 Å². The van der Waals surface area contributed by atoms with Crippen LogP contribution in [0.25, 0.3) is 21.3 Å². The van der Waals surface area contributed by atoms with E-state index in [4.69, 9.17) is 4.74 Å². The molecule has 13 heteroatoms. The second-order valence-corrected chi connectivity index (χ2v) is 13.7. The molecule has 1 fully saturated rings. The molecule has 4 aromatic rings. The van der Waals surface area contributed by atoms with E-state index in [9.17, 15) is 22.8 Å². The number of thiazole rings is 1. The van der Waals surface area contributed by atoms with Crippen molar-refractivity contribution in [3.63, 3.8) is 0 Å². The minimum Gasteiger partial charge on any atom is -0.444 e. The van der Waals surface area contributed by atoms with E-state index in [0.29, 0.717) is 21.5 Å². The van der Waals surface area contributed by atoms with Crippen LogP contribution in [0.2, 0.25) is 0 Å². The van der Waals surface area contributed by atoms with Gasteiger partial charge in [-0.3, -0.25) is 14.9 Å². The number of sulfone groups is 1. The van der Waals surface area contributed by atoms with Crippen molar-refractivity contribution in [2.24, 2.45) is 0 Å². The number of halogens is 1. The molecule has 0 aliphatic heterocycles. The first-order valence-electron chi connectivity index (χ1n) is 14.1. The highest BCUT2D eigenvalue weighted by atomic mass is 32.2. The highest BCUT2D eigenvalue weighted by molar-refractivity contribution is 7.92. The number of amides is 3. The number of rotatable bonds is 12. The van der Waals surface area contributed by atoms with Gasteiger partial charge in [-0.15, -0.1) is 11.3 Å². The van der Waals surface area contributed by atoms with Gasteiger partial charge in [0, 0.05) is 17.3 Å². The minimum atomic E-state index is -3.97. The zero-order valence-electron chi connectivity index (χ0n) is 23.8. The maximum absolute atomic E-state index is 15.3. The summed E-state index contributed by atoms with van der Waals surface area (Å²) in [6, 6.07) is 18.5. The van der Waals surface area contributed by atoms with Gasteiger partial charge in [-0.1, -0.05) is 49.4 Å². The molecule has 5 rings (SSSR count). The van der Waals surface area contributed by atoms with Crippen molar-refractivity contribution in [3.8, 4) is 11.1 Å². The Bertz CT molecular complexity index is 1770. The normalized spacial score (nSPS) is 13.7. The number of carbonyl (C=O) groups excluding carboxylic acids is 3. The minimum absolute atomic E-state index is 0.00124. The predicted molar refractivity (Wildman–Crippen MR) is 166 cm³/mol. The molecule has 1 unspecified atom stereocenters. The lowest BCUT2D eigenvalue weighted by molar-refractivity contribution is -0.126. The number of nitrogens with one attached hydrogen (secondary N) is 3. The number of aromatic nitrogens is 1. The smallest absolute Gasteiger partial charge is 0.411 e. The number of hydrogen-bond donors (Lipinski definition) is 3. The Hall–Kier alpha value is -4.36. The van der Waals surface area contributed by atoms with E-state index < -0.39 is 38.8 Å². The maximum Gasteiger partial charge on any atom is 0.411 e. The number of ether oxygens (including phenoxy) is 1. The number of fused-ring (bicyclic) bond motifs is 1. The fourth-order valence-corrected chi connectivity index (χ4v) is 7.62. The summed E-state index contributed by atoms with van der Waals surface area (Å²) in [4.78, 5) is 41.8. The molecule has 0 radical (unpaired) electrons. The van der Waals surface area contributed by atoms with Crippen molar-refractivity contribution in [2.45, 2.75) is 44.1 Å². The third-order valence-corrected chi connectivity index (χ3v) is 10.2. The highest BCUT2D eigenvalue weighted by Gasteiger charge is 2.37. The van der Waals surface area contributed by atoms with Crippen LogP contribution in [0, 0.1) is 5.82 Å². The third kappa shape index (κ3) is 7.77. The molecule has 1 aliphatic carbocycles. The second kappa shape index (κ2) is 13.5. The molecule has 1 aromatic heterocycles. The lowest BCUT2D eigenvalue weighted by atomic mass is 10.0. The van der Waals surface area contributed by atoms with Crippen molar-refractivity contribution in [1.29, 1.82) is 0 Å². The van der Waals surface area contributed by atoms with E-state index in [1.807, 2.05) is 30.3 Å². The van der Waals surface area contributed by atoms with Crippen LogP contribution in [0.1, 0.15) is 42.0 Å². The van der Waals surface area contributed by atoms with Crippen LogP contribution >= 0.6 is 11.3 Å². The number of benzene rings is 3. The van der Waals surface area contributed by atoms with Gasteiger partial charge < -0.3 is 15.4 Å². The van der Waals surface area contributed by atoms with Gasteiger partial charge in [0.15, 0.2) is 15.1 Å². The summed E-state index contributed by atoms with van der Waals surface area (Å²) >= 11 is 0.919. The zero-order valence-corrected chi connectivity index (χ0v) is 25.5. The quantitative estimate of drug-likeness (QED) is 0.196. The molecule has 1 heterocycles. The number of nitrogens with zero attached hydrogens (tertiary/aromatic N) is 1. The van der Waals surface area contributed by atoms with Crippen molar-refractivity contribution >= 4 is 55.0 Å². The third-order valence-electron chi connectivity index (χ3n) is 6.82. The summed E-state index contributed by atoms with van der Waals surface area (Å²) in [7, 11) is -3.97. The zero-order chi connectivity index (χ0) is 31.3. The summed E-state index contributed by atoms with van der Waals surface area (Å²) in [5, 5.41) is 6.17. The molecule has 1 aliphatic rings. The predicted octanol–water partition coefficient (Wildman–Crippen LogP) is 5.11. The van der Waals surface area contributed by atoms with Crippen LogP contribution in [0.4, 0.5) is 14.9 Å². The van der Waals surface area contributed by atoms with Gasteiger partial charge in [-0.05, 0) is 54.7 Å². The molecule has 10 nitrogen and oxygen atoms in total. The first kappa shape index (κ1) is 31.1. The Labute approximate surface area is 257 Å². The van der Waals surface area contributed by atoms with Gasteiger partial charge in [-0.2, -0.15) is 0 Å². The molecule has 3 aromatic carbocycles. The summed E-state index contributed by atoms with van der Waals surface area (Å²) in [6.45, 7) is 1.44. The number of hydrogen-bond acceptors (Lipinski definition) is 8. The average molecular weight is 639 g/mol. The van der Waals surface area contributed by atoms with Crippen molar-refractivity contribution in [2.75, 3.05) is 17.6 Å². The Morgan fingerprint density at radius 2 is 1.80 bits per heavy atom. The fraction of sp³-hybridized carbons (Fsp3) is 0.290. The van der Waals surface area contributed by atoms with Crippen LogP contribution in [-0.2, 0) is 30.8 Å². The van der Waals surface area contributed by atoms with E-state index >= 15 is 4.39 Å². The first-order chi connectivity index (χ1) is 21.1. The Morgan fingerprint density at radius 3 is 2.48 bits per heavy atom. The van der Waals surface area contributed by atoms with Crippen LogP contribution < -0.4 is 16.0 Å². The SMILES string of the molecule is CCCS(=O)(=O)C(C(=O)NCC(=O)NC1CC1)c1nc2cc(-c3ccc(NC(=O)OCc4ccccc4)cc3)c(F)cc2s1. The average Bonchev–Trinajstić information content (AvgIpc) is 3.72. The Morgan fingerprint density at radius 1 is 1.07 bits per heavy atom. The second-order valence-electron chi connectivity index (χ2n) is 10.4. The molecule has 0 bridgehead atoms.